The molecule has 1 nitrogen and oxygen atoms in total. The van der Waals surface area contributed by atoms with Crippen LogP contribution in [0, 0.1) is 17.3 Å². The quantitative estimate of drug-likeness (QED) is 0.485. The van der Waals surface area contributed by atoms with E-state index in [0.29, 0.717) is 17.1 Å². The highest BCUT2D eigenvalue weighted by Gasteiger charge is 2.72. The molecule has 4 aliphatic rings. The Kier molecular flexibility index (Phi) is 0.820. The van der Waals surface area contributed by atoms with Gasteiger partial charge in [-0.15, -0.1) is 0 Å². The molecule has 0 aromatic rings. The molecule has 1 heteroatoms. The van der Waals surface area contributed by atoms with Crippen LogP contribution >= 0.6 is 0 Å². The molecule has 0 aromatic heterocycles. The Morgan fingerprint density at radius 1 is 1.18 bits per heavy atom. The van der Waals surface area contributed by atoms with Crippen molar-refractivity contribution in [2.45, 2.75) is 45.3 Å². The van der Waals surface area contributed by atoms with Crippen molar-refractivity contribution in [2.24, 2.45) is 17.3 Å². The average Bonchev–Trinajstić information content (AvgIpc) is 2.58. The summed E-state index contributed by atoms with van der Waals surface area (Å²) in [6.07, 6.45) is 3.40. The molecular weight excluding hydrogens is 136 g/mol. The van der Waals surface area contributed by atoms with Crippen molar-refractivity contribution < 1.29 is 4.74 Å². The zero-order valence-electron chi connectivity index (χ0n) is 7.55. The first kappa shape index (κ1) is 6.47. The number of ether oxygens (including phenoxy) is 1. The van der Waals surface area contributed by atoms with Crippen LogP contribution in [0.5, 0.6) is 0 Å². The lowest BCUT2D eigenvalue weighted by Gasteiger charge is -2.57. The predicted molar refractivity (Wildman–Crippen MR) is 43.3 cm³/mol. The Hall–Kier alpha value is -0.0400. The lowest BCUT2D eigenvalue weighted by atomic mass is 9.46. The van der Waals surface area contributed by atoms with Gasteiger partial charge in [-0.1, -0.05) is 13.8 Å². The summed E-state index contributed by atoms with van der Waals surface area (Å²) in [5, 5.41) is 0. The maximum absolute atomic E-state index is 5.75. The van der Waals surface area contributed by atoms with Gasteiger partial charge in [0.25, 0.3) is 0 Å². The topological polar surface area (TPSA) is 12.5 Å². The largest absolute Gasteiger partial charge is 0.366 e. The molecule has 0 aromatic carbocycles. The van der Waals surface area contributed by atoms with Crippen molar-refractivity contribution in [3.8, 4) is 0 Å². The van der Waals surface area contributed by atoms with Crippen LogP contribution in [0.1, 0.15) is 33.6 Å². The van der Waals surface area contributed by atoms with E-state index >= 15 is 0 Å². The van der Waals surface area contributed by atoms with Gasteiger partial charge in [0, 0.05) is 0 Å². The van der Waals surface area contributed by atoms with Gasteiger partial charge in [-0.05, 0) is 37.0 Å². The van der Waals surface area contributed by atoms with Crippen LogP contribution in [0.2, 0.25) is 0 Å². The molecule has 3 saturated carbocycles. The molecule has 0 N–H and O–H groups in total. The minimum atomic E-state index is 0.304. The Bertz CT molecular complexity index is 216. The first-order valence-electron chi connectivity index (χ1n) is 4.73. The molecule has 0 amide bonds. The molecule has 0 unspecified atom stereocenters. The zero-order chi connectivity index (χ0) is 7.85. The Morgan fingerprint density at radius 2 is 1.91 bits per heavy atom. The molecule has 0 radical (unpaired) electrons. The van der Waals surface area contributed by atoms with Crippen molar-refractivity contribution in [3.05, 3.63) is 0 Å². The molecule has 4 rings (SSSR count). The third kappa shape index (κ3) is 0.516. The molecule has 2 bridgehead atoms. The highest BCUT2D eigenvalue weighted by Crippen LogP contribution is 2.70. The smallest absolute Gasteiger partial charge is 0.0953 e. The van der Waals surface area contributed by atoms with E-state index in [-0.39, 0.29) is 0 Å². The predicted octanol–water partition coefficient (Wildman–Crippen LogP) is 2.21. The van der Waals surface area contributed by atoms with Crippen LogP contribution in [0.15, 0.2) is 0 Å². The zero-order valence-corrected chi connectivity index (χ0v) is 7.55. The number of hydrogen-bond acceptors (Lipinski definition) is 1. The standard InChI is InChI=1S/C10H16O/c1-9(2)6-4-7(9)10(3)8(5-6)11-10/h6-8H,4-5H2,1-3H3/t6-,7+,8-,10+/m0/s1. The average molecular weight is 152 g/mol. The van der Waals surface area contributed by atoms with Gasteiger partial charge in [0.15, 0.2) is 0 Å². The lowest BCUT2D eigenvalue weighted by molar-refractivity contribution is -0.0789. The molecule has 62 valence electrons. The fraction of sp³-hybridized carbons (Fsp3) is 1.00. The summed E-state index contributed by atoms with van der Waals surface area (Å²) in [6.45, 7) is 7.13. The Balaban J connectivity index is 1.98. The van der Waals surface area contributed by atoms with Gasteiger partial charge in [0.2, 0.25) is 0 Å². The van der Waals surface area contributed by atoms with Gasteiger partial charge < -0.3 is 4.74 Å². The van der Waals surface area contributed by atoms with E-state index in [9.17, 15) is 0 Å². The first-order valence-corrected chi connectivity index (χ1v) is 4.73. The molecule has 1 aliphatic heterocycles. The summed E-state index contributed by atoms with van der Waals surface area (Å²) >= 11 is 0. The van der Waals surface area contributed by atoms with E-state index in [1.807, 2.05) is 0 Å². The van der Waals surface area contributed by atoms with E-state index in [2.05, 4.69) is 20.8 Å². The Labute approximate surface area is 68.1 Å². The van der Waals surface area contributed by atoms with E-state index in [0.717, 1.165) is 11.8 Å². The second-order valence-electron chi connectivity index (χ2n) is 5.33. The SMILES string of the molecule is CC1(C)[C@@H]2C[C@@H]3O[C@]3(C)[C@@H]1C2. The van der Waals surface area contributed by atoms with E-state index in [1.54, 1.807) is 0 Å². The molecule has 1 heterocycles. The molecule has 11 heavy (non-hydrogen) atoms. The minimum Gasteiger partial charge on any atom is -0.366 e. The third-order valence-corrected chi connectivity index (χ3v) is 4.64. The minimum absolute atomic E-state index is 0.304. The van der Waals surface area contributed by atoms with Gasteiger partial charge in [0.05, 0.1) is 11.7 Å². The molecule has 3 aliphatic carbocycles. The van der Waals surface area contributed by atoms with Gasteiger partial charge >= 0.3 is 0 Å². The summed E-state index contributed by atoms with van der Waals surface area (Å²) in [5.74, 6) is 1.83. The normalized spacial score (nSPS) is 63.0. The molecule has 4 fully saturated rings. The van der Waals surface area contributed by atoms with Crippen molar-refractivity contribution >= 4 is 0 Å². The van der Waals surface area contributed by atoms with Crippen molar-refractivity contribution in [1.29, 1.82) is 0 Å². The third-order valence-electron chi connectivity index (χ3n) is 4.64. The van der Waals surface area contributed by atoms with Gasteiger partial charge in [0.1, 0.15) is 0 Å². The highest BCUT2D eigenvalue weighted by molar-refractivity contribution is 5.20. The molecule has 0 spiro atoms. The van der Waals surface area contributed by atoms with Crippen LogP contribution in [0.25, 0.3) is 0 Å². The van der Waals surface area contributed by atoms with E-state index in [4.69, 9.17) is 4.74 Å². The maximum atomic E-state index is 5.75. The first-order chi connectivity index (χ1) is 5.05. The number of epoxide rings is 1. The van der Waals surface area contributed by atoms with Crippen LogP contribution in [-0.2, 0) is 4.74 Å². The summed E-state index contributed by atoms with van der Waals surface area (Å²) in [4.78, 5) is 0. The van der Waals surface area contributed by atoms with E-state index in [1.165, 1.54) is 12.8 Å². The van der Waals surface area contributed by atoms with Gasteiger partial charge in [-0.25, -0.2) is 0 Å². The fourth-order valence-electron chi connectivity index (χ4n) is 3.51. The second-order valence-corrected chi connectivity index (χ2v) is 5.33. The number of hydrogen-bond donors (Lipinski definition) is 0. The molecular formula is C10H16O. The van der Waals surface area contributed by atoms with Crippen LogP contribution in [0.3, 0.4) is 0 Å². The highest BCUT2D eigenvalue weighted by atomic mass is 16.6. The van der Waals surface area contributed by atoms with Gasteiger partial charge in [-0.2, -0.15) is 0 Å². The Morgan fingerprint density at radius 3 is 2.36 bits per heavy atom. The second kappa shape index (κ2) is 1.39. The van der Waals surface area contributed by atoms with Crippen molar-refractivity contribution in [2.75, 3.05) is 0 Å². The summed E-state index contributed by atoms with van der Waals surface area (Å²) in [6, 6.07) is 0. The van der Waals surface area contributed by atoms with Crippen LogP contribution in [-0.4, -0.2) is 11.7 Å². The van der Waals surface area contributed by atoms with Crippen LogP contribution in [0.4, 0.5) is 0 Å². The van der Waals surface area contributed by atoms with Crippen molar-refractivity contribution in [1.82, 2.24) is 0 Å². The fourth-order valence-corrected chi connectivity index (χ4v) is 3.51. The molecule has 4 atom stereocenters. The number of rotatable bonds is 0. The van der Waals surface area contributed by atoms with Crippen molar-refractivity contribution in [3.63, 3.8) is 0 Å². The molecule has 1 saturated heterocycles. The maximum Gasteiger partial charge on any atom is 0.0953 e. The van der Waals surface area contributed by atoms with E-state index < -0.39 is 0 Å². The lowest BCUT2D eigenvalue weighted by Crippen LogP contribution is -2.56. The monoisotopic (exact) mass is 152 g/mol. The van der Waals surface area contributed by atoms with Crippen LogP contribution < -0.4 is 0 Å². The summed E-state index contributed by atoms with van der Waals surface area (Å²) < 4.78 is 5.75. The summed E-state index contributed by atoms with van der Waals surface area (Å²) in [5.41, 5.74) is 0.889. The van der Waals surface area contributed by atoms with Gasteiger partial charge in [-0.3, -0.25) is 0 Å². The summed E-state index contributed by atoms with van der Waals surface area (Å²) in [7, 11) is 0.